The number of carbonyl (C=O) groups excluding carboxylic acids is 1. The number of amides is 1. The fraction of sp³-hybridized carbons (Fsp3) is 0.421. The van der Waals surface area contributed by atoms with Crippen LogP contribution in [0, 0.1) is 6.92 Å². The third-order valence-electron chi connectivity index (χ3n) is 4.67. The first-order valence-corrected chi connectivity index (χ1v) is 10.8. The predicted octanol–water partition coefficient (Wildman–Crippen LogP) is 1.80. The first kappa shape index (κ1) is 20.2. The van der Waals surface area contributed by atoms with Crippen LogP contribution < -0.4 is 10.6 Å². The molecule has 1 aliphatic heterocycles. The molecule has 0 radical (unpaired) electrons. The Labute approximate surface area is 165 Å². The van der Waals surface area contributed by atoms with E-state index in [1.54, 1.807) is 37.5 Å². The molecular weight excluding hydrogens is 378 g/mol. The molecule has 1 fully saturated rings. The van der Waals surface area contributed by atoms with E-state index < -0.39 is 10.0 Å². The monoisotopic (exact) mass is 403 g/mol. The molecular formula is C19H25N5O3S. The molecule has 9 heteroatoms. The number of rotatable bonds is 7. The lowest BCUT2D eigenvalue weighted by atomic mass is 10.1. The van der Waals surface area contributed by atoms with Crippen LogP contribution in [-0.4, -0.2) is 54.8 Å². The second kappa shape index (κ2) is 9.11. The van der Waals surface area contributed by atoms with Gasteiger partial charge in [0.1, 0.15) is 0 Å². The quantitative estimate of drug-likeness (QED) is 0.683. The molecule has 2 N–H and O–H groups in total. The molecule has 0 saturated carbocycles. The number of aryl methyl sites for hydroxylation is 1. The minimum Gasteiger partial charge on any atom is -0.352 e. The normalized spacial score (nSPS) is 15.2. The van der Waals surface area contributed by atoms with Gasteiger partial charge in [0.05, 0.1) is 4.90 Å². The summed E-state index contributed by atoms with van der Waals surface area (Å²) in [5, 5.41) is 5.81. The number of hydrogen-bond donors (Lipinski definition) is 2. The highest BCUT2D eigenvalue weighted by molar-refractivity contribution is 7.89. The third kappa shape index (κ3) is 4.85. The number of nitrogens with zero attached hydrogens (tertiary/aromatic N) is 3. The fourth-order valence-electron chi connectivity index (χ4n) is 3.10. The highest BCUT2D eigenvalue weighted by Crippen LogP contribution is 2.22. The van der Waals surface area contributed by atoms with Crippen molar-refractivity contribution in [1.82, 2.24) is 19.6 Å². The van der Waals surface area contributed by atoms with Gasteiger partial charge in [-0.25, -0.2) is 18.4 Å². The highest BCUT2D eigenvalue weighted by atomic mass is 32.2. The number of hydrogen-bond acceptors (Lipinski definition) is 6. The number of anilines is 1. The van der Waals surface area contributed by atoms with Crippen molar-refractivity contribution in [1.29, 1.82) is 0 Å². The number of benzene rings is 1. The van der Waals surface area contributed by atoms with Gasteiger partial charge < -0.3 is 10.6 Å². The van der Waals surface area contributed by atoms with E-state index in [-0.39, 0.29) is 10.8 Å². The van der Waals surface area contributed by atoms with Gasteiger partial charge in [0.2, 0.25) is 16.0 Å². The third-order valence-corrected chi connectivity index (χ3v) is 6.56. The van der Waals surface area contributed by atoms with E-state index in [9.17, 15) is 13.2 Å². The number of nitrogens with one attached hydrogen (secondary N) is 2. The van der Waals surface area contributed by atoms with Crippen molar-refractivity contribution in [3.8, 4) is 0 Å². The Morgan fingerprint density at radius 3 is 2.54 bits per heavy atom. The molecule has 0 aliphatic carbocycles. The van der Waals surface area contributed by atoms with E-state index in [2.05, 4.69) is 20.6 Å². The maximum absolute atomic E-state index is 12.9. The Bertz CT molecular complexity index is 912. The van der Waals surface area contributed by atoms with Crippen molar-refractivity contribution in [2.45, 2.75) is 31.1 Å². The Morgan fingerprint density at radius 1 is 1.11 bits per heavy atom. The van der Waals surface area contributed by atoms with Crippen LogP contribution in [-0.2, 0) is 10.0 Å². The molecule has 1 aliphatic rings. The molecule has 1 aromatic carbocycles. The van der Waals surface area contributed by atoms with Gasteiger partial charge in [-0.05, 0) is 43.5 Å². The average Bonchev–Trinajstić information content (AvgIpc) is 2.72. The van der Waals surface area contributed by atoms with Crippen LogP contribution in [0.15, 0.2) is 41.6 Å². The molecule has 0 atom stereocenters. The first-order chi connectivity index (χ1) is 13.5. The van der Waals surface area contributed by atoms with Gasteiger partial charge in [0.15, 0.2) is 0 Å². The summed E-state index contributed by atoms with van der Waals surface area (Å²) in [7, 11) is -3.57. The van der Waals surface area contributed by atoms with Crippen molar-refractivity contribution in [3.05, 3.63) is 47.8 Å². The molecule has 8 nitrogen and oxygen atoms in total. The molecule has 3 rings (SSSR count). The standard InChI is InChI=1S/C19H25N5O3S/c1-15-6-7-16(28(26,27)24-12-3-2-4-13-24)14-17(15)18(25)20-10-11-23-19-21-8-5-9-22-19/h5-9,14H,2-4,10-13H2,1H3,(H,20,25)(H,21,22,23). The first-order valence-electron chi connectivity index (χ1n) is 9.38. The van der Waals surface area contributed by atoms with Crippen molar-refractivity contribution < 1.29 is 13.2 Å². The predicted molar refractivity (Wildman–Crippen MR) is 107 cm³/mol. The van der Waals surface area contributed by atoms with Gasteiger partial charge in [-0.1, -0.05) is 12.5 Å². The maximum atomic E-state index is 12.9. The molecule has 1 amide bonds. The molecule has 1 saturated heterocycles. The van der Waals surface area contributed by atoms with E-state index in [1.807, 2.05) is 0 Å². The summed E-state index contributed by atoms with van der Waals surface area (Å²) >= 11 is 0. The van der Waals surface area contributed by atoms with Crippen molar-refractivity contribution >= 4 is 21.9 Å². The lowest BCUT2D eigenvalue weighted by Gasteiger charge is -2.26. The number of piperidine rings is 1. The van der Waals surface area contributed by atoms with Crippen LogP contribution in [0.3, 0.4) is 0 Å². The van der Waals surface area contributed by atoms with Gasteiger partial charge >= 0.3 is 0 Å². The summed E-state index contributed by atoms with van der Waals surface area (Å²) in [4.78, 5) is 20.8. The summed E-state index contributed by atoms with van der Waals surface area (Å²) < 4.78 is 27.2. The molecule has 2 aromatic rings. The van der Waals surface area contributed by atoms with Gasteiger partial charge in [-0.3, -0.25) is 4.79 Å². The van der Waals surface area contributed by atoms with Crippen molar-refractivity contribution in [3.63, 3.8) is 0 Å². The van der Waals surface area contributed by atoms with Crippen LogP contribution in [0.5, 0.6) is 0 Å². The lowest BCUT2D eigenvalue weighted by Crippen LogP contribution is -2.36. The van der Waals surface area contributed by atoms with E-state index in [0.29, 0.717) is 37.7 Å². The summed E-state index contributed by atoms with van der Waals surface area (Å²) in [5.41, 5.74) is 1.10. The fourth-order valence-corrected chi connectivity index (χ4v) is 4.64. The zero-order chi connectivity index (χ0) is 20.0. The lowest BCUT2D eigenvalue weighted by molar-refractivity contribution is 0.0954. The molecule has 0 bridgehead atoms. The minimum atomic E-state index is -3.57. The maximum Gasteiger partial charge on any atom is 0.251 e. The molecule has 0 spiro atoms. The summed E-state index contributed by atoms with van der Waals surface area (Å²) in [6.45, 7) is 3.68. The van der Waals surface area contributed by atoms with Crippen LogP contribution in [0.25, 0.3) is 0 Å². The number of aromatic nitrogens is 2. The summed E-state index contributed by atoms with van der Waals surface area (Å²) in [5.74, 6) is 0.187. The van der Waals surface area contributed by atoms with Gasteiger partial charge in [0.25, 0.3) is 5.91 Å². The largest absolute Gasteiger partial charge is 0.352 e. The Kier molecular flexibility index (Phi) is 6.58. The topological polar surface area (TPSA) is 104 Å². The molecule has 0 unspecified atom stereocenters. The molecule has 1 aromatic heterocycles. The zero-order valence-electron chi connectivity index (χ0n) is 15.9. The van der Waals surface area contributed by atoms with Crippen LogP contribution in [0.4, 0.5) is 5.95 Å². The van der Waals surface area contributed by atoms with E-state index in [4.69, 9.17) is 0 Å². The Hall–Kier alpha value is -2.52. The van der Waals surface area contributed by atoms with E-state index in [0.717, 1.165) is 24.8 Å². The summed E-state index contributed by atoms with van der Waals surface area (Å²) in [6, 6.07) is 6.45. The second-order valence-electron chi connectivity index (χ2n) is 6.70. The van der Waals surface area contributed by atoms with Gasteiger partial charge in [-0.2, -0.15) is 4.31 Å². The number of carbonyl (C=O) groups is 1. The van der Waals surface area contributed by atoms with E-state index >= 15 is 0 Å². The van der Waals surface area contributed by atoms with Crippen LogP contribution in [0.1, 0.15) is 35.2 Å². The zero-order valence-corrected chi connectivity index (χ0v) is 16.7. The second-order valence-corrected chi connectivity index (χ2v) is 8.63. The average molecular weight is 404 g/mol. The van der Waals surface area contributed by atoms with Crippen molar-refractivity contribution in [2.75, 3.05) is 31.5 Å². The number of sulfonamides is 1. The smallest absolute Gasteiger partial charge is 0.251 e. The summed E-state index contributed by atoms with van der Waals surface area (Å²) in [6.07, 6.45) is 6.06. The SMILES string of the molecule is Cc1ccc(S(=O)(=O)N2CCCCC2)cc1C(=O)NCCNc1ncccn1. The Morgan fingerprint density at radius 2 is 1.82 bits per heavy atom. The van der Waals surface area contributed by atoms with Crippen LogP contribution >= 0.6 is 0 Å². The van der Waals surface area contributed by atoms with Gasteiger partial charge in [0, 0.05) is 44.1 Å². The minimum absolute atomic E-state index is 0.168. The van der Waals surface area contributed by atoms with Crippen molar-refractivity contribution in [2.24, 2.45) is 0 Å². The van der Waals surface area contributed by atoms with Crippen LogP contribution in [0.2, 0.25) is 0 Å². The van der Waals surface area contributed by atoms with Gasteiger partial charge in [-0.15, -0.1) is 0 Å². The Balaban J connectivity index is 1.64. The molecule has 28 heavy (non-hydrogen) atoms. The molecule has 150 valence electrons. The highest BCUT2D eigenvalue weighted by Gasteiger charge is 2.27. The molecule has 2 heterocycles. The van der Waals surface area contributed by atoms with E-state index in [1.165, 1.54) is 10.4 Å².